The molecule has 2 amide bonds. The Hall–Kier alpha value is -4.48. The van der Waals surface area contributed by atoms with Gasteiger partial charge < -0.3 is 10.2 Å². The Balaban J connectivity index is 1.31. The minimum absolute atomic E-state index is 0.102. The third-order valence-corrected chi connectivity index (χ3v) is 6.33. The molecule has 0 unspecified atom stereocenters. The van der Waals surface area contributed by atoms with Crippen molar-refractivity contribution in [2.45, 2.75) is 18.6 Å². The molecular formula is C24H19F3N8O. The molecule has 5 heterocycles. The van der Waals surface area contributed by atoms with E-state index in [1.165, 1.54) is 12.5 Å². The molecule has 6 rings (SSSR count). The summed E-state index contributed by atoms with van der Waals surface area (Å²) in [6.07, 6.45) is 1.37. The molecule has 4 aromatic rings. The van der Waals surface area contributed by atoms with E-state index in [0.717, 1.165) is 36.6 Å². The molecule has 1 saturated heterocycles. The maximum Gasteiger partial charge on any atom is 0.417 e. The molecule has 0 spiro atoms. The van der Waals surface area contributed by atoms with Crippen molar-refractivity contribution >= 4 is 23.2 Å². The molecule has 3 aromatic heterocycles. The number of nitrogens with one attached hydrogen (secondary N) is 1. The highest BCUT2D eigenvalue weighted by Gasteiger charge is 2.40. The van der Waals surface area contributed by atoms with Gasteiger partial charge in [-0.2, -0.15) is 18.3 Å². The van der Waals surface area contributed by atoms with Gasteiger partial charge in [-0.05, 0) is 48.9 Å². The molecule has 0 radical (unpaired) electrons. The zero-order chi connectivity index (χ0) is 24.9. The van der Waals surface area contributed by atoms with Crippen LogP contribution in [0, 0.1) is 0 Å². The largest absolute Gasteiger partial charge is 0.417 e. The van der Waals surface area contributed by atoms with Crippen molar-refractivity contribution in [3.63, 3.8) is 0 Å². The van der Waals surface area contributed by atoms with Gasteiger partial charge in [0.25, 0.3) is 0 Å². The summed E-state index contributed by atoms with van der Waals surface area (Å²) < 4.78 is 41.2. The van der Waals surface area contributed by atoms with Crippen molar-refractivity contribution in [1.29, 1.82) is 0 Å². The molecule has 36 heavy (non-hydrogen) atoms. The topological polar surface area (TPSA) is 92.1 Å². The normalized spacial score (nSPS) is 16.7. The van der Waals surface area contributed by atoms with Gasteiger partial charge >= 0.3 is 12.2 Å². The van der Waals surface area contributed by atoms with Crippen LogP contribution < -0.4 is 15.1 Å². The molecule has 12 heteroatoms. The van der Waals surface area contributed by atoms with Crippen LogP contribution in [0.4, 0.5) is 35.2 Å². The second-order valence-electron chi connectivity index (χ2n) is 8.57. The highest BCUT2D eigenvalue weighted by atomic mass is 19.4. The first-order valence-electron chi connectivity index (χ1n) is 11.2. The third kappa shape index (κ3) is 3.89. The average Bonchev–Trinajstić information content (AvgIpc) is 3.55. The zero-order valence-corrected chi connectivity index (χ0v) is 18.7. The Bertz CT molecular complexity index is 1420. The van der Waals surface area contributed by atoms with E-state index in [9.17, 15) is 18.0 Å². The first-order valence-corrected chi connectivity index (χ1v) is 11.2. The van der Waals surface area contributed by atoms with E-state index >= 15 is 0 Å². The number of anilines is 3. The molecule has 0 aliphatic carbocycles. The Morgan fingerprint density at radius 1 is 1.06 bits per heavy atom. The van der Waals surface area contributed by atoms with Gasteiger partial charge in [-0.15, -0.1) is 0 Å². The lowest BCUT2D eigenvalue weighted by Crippen LogP contribution is -2.48. The van der Waals surface area contributed by atoms with Crippen LogP contribution in [0.1, 0.15) is 12.0 Å². The standard InChI is InChI=1S/C24H19F3N8O/c25-24(26,27)16-9-15(10-28-11-16)20-5-6-21-22(32-20)35(19-7-8-33(21)12-19)23(36)31-17-1-3-18(4-2-17)34-14-29-13-30-34/h1-6,9-11,13-14,19H,7-8,12H2,(H,31,36)/t19-/m0/s1. The molecule has 182 valence electrons. The van der Waals surface area contributed by atoms with Crippen LogP contribution in [0.5, 0.6) is 0 Å². The van der Waals surface area contributed by atoms with E-state index in [4.69, 9.17) is 0 Å². The molecule has 2 aliphatic rings. The van der Waals surface area contributed by atoms with Gasteiger partial charge in [0, 0.05) is 36.7 Å². The number of aromatic nitrogens is 5. The molecule has 2 bridgehead atoms. The summed E-state index contributed by atoms with van der Waals surface area (Å²) in [5.41, 5.74) is 1.83. The number of rotatable bonds is 3. The average molecular weight is 492 g/mol. The number of carbonyl (C=O) groups is 1. The number of benzene rings is 1. The lowest BCUT2D eigenvalue weighted by Gasteiger charge is -2.36. The lowest BCUT2D eigenvalue weighted by atomic mass is 10.1. The van der Waals surface area contributed by atoms with Gasteiger partial charge in [0.15, 0.2) is 5.82 Å². The van der Waals surface area contributed by atoms with E-state index in [2.05, 4.69) is 30.3 Å². The number of pyridine rings is 2. The van der Waals surface area contributed by atoms with Crippen molar-refractivity contribution in [2.75, 3.05) is 28.2 Å². The number of amides is 2. The Labute approximate surface area is 203 Å². The van der Waals surface area contributed by atoms with Crippen molar-refractivity contribution in [3.05, 3.63) is 73.1 Å². The number of carbonyl (C=O) groups excluding carboxylic acids is 1. The molecular weight excluding hydrogens is 473 g/mol. The summed E-state index contributed by atoms with van der Waals surface area (Å²) in [6, 6.07) is 11.2. The van der Waals surface area contributed by atoms with Crippen LogP contribution in [0.2, 0.25) is 0 Å². The Kier molecular flexibility index (Phi) is 5.09. The first-order chi connectivity index (χ1) is 17.4. The fourth-order valence-corrected chi connectivity index (χ4v) is 4.59. The molecule has 1 atom stereocenters. The minimum Gasteiger partial charge on any atom is -0.366 e. The monoisotopic (exact) mass is 492 g/mol. The predicted octanol–water partition coefficient (Wildman–Crippen LogP) is 4.37. The highest BCUT2D eigenvalue weighted by molar-refractivity contribution is 6.04. The van der Waals surface area contributed by atoms with Gasteiger partial charge in [-0.1, -0.05) is 0 Å². The summed E-state index contributed by atoms with van der Waals surface area (Å²) in [7, 11) is 0. The van der Waals surface area contributed by atoms with E-state index in [1.807, 2.05) is 12.1 Å². The first kappa shape index (κ1) is 22.0. The maximum absolute atomic E-state index is 13.4. The van der Waals surface area contributed by atoms with E-state index in [0.29, 0.717) is 23.7 Å². The second-order valence-corrected chi connectivity index (χ2v) is 8.57. The quantitative estimate of drug-likeness (QED) is 0.457. The van der Waals surface area contributed by atoms with Crippen LogP contribution in [0.15, 0.2) is 67.5 Å². The molecule has 9 nitrogen and oxygen atoms in total. The van der Waals surface area contributed by atoms with Gasteiger partial charge in [0.05, 0.1) is 28.7 Å². The van der Waals surface area contributed by atoms with E-state index < -0.39 is 11.7 Å². The van der Waals surface area contributed by atoms with Gasteiger partial charge in [-0.25, -0.2) is 19.4 Å². The number of nitrogens with zero attached hydrogens (tertiary/aromatic N) is 7. The van der Waals surface area contributed by atoms with E-state index in [1.54, 1.807) is 40.2 Å². The molecule has 2 aliphatic heterocycles. The van der Waals surface area contributed by atoms with Gasteiger partial charge in [0.2, 0.25) is 0 Å². The summed E-state index contributed by atoms with van der Waals surface area (Å²) in [5.74, 6) is 0.412. The van der Waals surface area contributed by atoms with Crippen molar-refractivity contribution in [1.82, 2.24) is 24.7 Å². The van der Waals surface area contributed by atoms with Crippen LogP contribution in [0.25, 0.3) is 16.9 Å². The van der Waals surface area contributed by atoms with Crippen molar-refractivity contribution in [3.8, 4) is 16.9 Å². The van der Waals surface area contributed by atoms with Crippen LogP contribution in [0.3, 0.4) is 0 Å². The van der Waals surface area contributed by atoms with Crippen LogP contribution in [-0.2, 0) is 6.18 Å². The number of fused-ring (bicyclic) bond motifs is 4. The van der Waals surface area contributed by atoms with Gasteiger partial charge in [-0.3, -0.25) is 9.88 Å². The molecule has 0 saturated carbocycles. The fourth-order valence-electron chi connectivity index (χ4n) is 4.59. The Morgan fingerprint density at radius 2 is 1.89 bits per heavy atom. The number of hydrogen-bond acceptors (Lipinski definition) is 6. The minimum atomic E-state index is -4.52. The SMILES string of the molecule is O=C(Nc1ccc(-n2cncn2)cc1)N1c2nc(-c3cncc(C(F)(F)F)c3)ccc2N2CC[C@H]1C2. The summed E-state index contributed by atoms with van der Waals surface area (Å²) >= 11 is 0. The number of alkyl halides is 3. The number of halogens is 3. The molecule has 1 fully saturated rings. The Morgan fingerprint density at radius 3 is 2.64 bits per heavy atom. The lowest BCUT2D eigenvalue weighted by molar-refractivity contribution is -0.137. The summed E-state index contributed by atoms with van der Waals surface area (Å²) in [5, 5.41) is 7.00. The number of urea groups is 1. The van der Waals surface area contributed by atoms with Crippen molar-refractivity contribution < 1.29 is 18.0 Å². The molecule has 1 aromatic carbocycles. The third-order valence-electron chi connectivity index (χ3n) is 6.33. The van der Waals surface area contributed by atoms with Gasteiger partial charge in [0.1, 0.15) is 12.7 Å². The summed E-state index contributed by atoms with van der Waals surface area (Å²) in [6.45, 7) is 1.43. The fraction of sp³-hybridized carbons (Fsp3) is 0.208. The zero-order valence-electron chi connectivity index (χ0n) is 18.7. The smallest absolute Gasteiger partial charge is 0.366 e. The van der Waals surface area contributed by atoms with Crippen LogP contribution >= 0.6 is 0 Å². The predicted molar refractivity (Wildman–Crippen MR) is 126 cm³/mol. The maximum atomic E-state index is 13.4. The molecule has 1 N–H and O–H groups in total. The van der Waals surface area contributed by atoms with Crippen molar-refractivity contribution in [2.24, 2.45) is 0 Å². The second kappa shape index (κ2) is 8.33. The number of hydrogen-bond donors (Lipinski definition) is 1. The summed E-state index contributed by atoms with van der Waals surface area (Å²) in [4.78, 5) is 29.5. The van der Waals surface area contributed by atoms with E-state index in [-0.39, 0.29) is 17.6 Å². The van der Waals surface area contributed by atoms with Crippen LogP contribution in [-0.4, -0.2) is 49.9 Å². The highest BCUT2D eigenvalue weighted by Crippen LogP contribution is 2.41.